The van der Waals surface area contributed by atoms with E-state index in [2.05, 4.69) is 45.3 Å². The monoisotopic (exact) mass is 277 g/mol. The molecule has 0 saturated carbocycles. The molecule has 1 atom stereocenters. The van der Waals surface area contributed by atoms with Gasteiger partial charge in [0.15, 0.2) is 0 Å². The van der Waals surface area contributed by atoms with Crippen LogP contribution in [0.25, 0.3) is 0 Å². The zero-order chi connectivity index (χ0) is 15.3. The lowest BCUT2D eigenvalue weighted by Gasteiger charge is -2.31. The third-order valence-electron chi connectivity index (χ3n) is 4.11. The summed E-state index contributed by atoms with van der Waals surface area (Å²) in [6.45, 7) is 12.2. The van der Waals surface area contributed by atoms with Gasteiger partial charge in [-0.3, -0.25) is 0 Å². The molecule has 2 amide bonds. The molecule has 4 heteroatoms. The predicted molar refractivity (Wildman–Crippen MR) is 84.7 cm³/mol. The van der Waals surface area contributed by atoms with Gasteiger partial charge in [-0.15, -0.1) is 0 Å². The maximum Gasteiger partial charge on any atom is 0.316 e. The van der Waals surface area contributed by atoms with E-state index in [1.54, 1.807) is 0 Å². The van der Waals surface area contributed by atoms with Gasteiger partial charge in [-0.25, -0.2) is 4.79 Å². The van der Waals surface area contributed by atoms with Crippen molar-refractivity contribution >= 4 is 11.7 Å². The standard InChI is InChI=1S/C16H27N3O/c1-11(2)16(4,5)10-18-12(3)13-6-8-14(9-7-13)19-15(17)20/h6-9,11-12,18H,10H2,1-5H3,(H3,17,19,20). The van der Waals surface area contributed by atoms with Crippen molar-refractivity contribution in [1.29, 1.82) is 0 Å². The van der Waals surface area contributed by atoms with E-state index >= 15 is 0 Å². The number of amides is 2. The number of nitrogens with two attached hydrogens (primary N) is 1. The van der Waals surface area contributed by atoms with Crippen LogP contribution >= 0.6 is 0 Å². The first kappa shape index (κ1) is 16.5. The van der Waals surface area contributed by atoms with E-state index in [-0.39, 0.29) is 11.5 Å². The Kier molecular flexibility index (Phi) is 5.57. The molecule has 0 aliphatic carbocycles. The average Bonchev–Trinajstić information content (AvgIpc) is 2.36. The Bertz CT molecular complexity index is 438. The van der Waals surface area contributed by atoms with Gasteiger partial charge >= 0.3 is 6.03 Å². The van der Waals surface area contributed by atoms with Gasteiger partial charge in [-0.2, -0.15) is 0 Å². The maximum atomic E-state index is 10.8. The van der Waals surface area contributed by atoms with Gasteiger partial charge in [0.25, 0.3) is 0 Å². The van der Waals surface area contributed by atoms with Gasteiger partial charge in [-0.05, 0) is 36.0 Å². The molecule has 1 aromatic carbocycles. The lowest BCUT2D eigenvalue weighted by atomic mass is 9.81. The van der Waals surface area contributed by atoms with Crippen molar-refractivity contribution in [2.24, 2.45) is 17.1 Å². The molecule has 0 aromatic heterocycles. The molecule has 4 N–H and O–H groups in total. The molecule has 0 aliphatic heterocycles. The number of anilines is 1. The predicted octanol–water partition coefficient (Wildman–Crippen LogP) is 3.51. The molecule has 0 heterocycles. The summed E-state index contributed by atoms with van der Waals surface area (Å²) in [5.74, 6) is 0.629. The molecule has 20 heavy (non-hydrogen) atoms. The van der Waals surface area contributed by atoms with Crippen molar-refractivity contribution in [2.75, 3.05) is 11.9 Å². The number of carbonyl (C=O) groups excluding carboxylic acids is 1. The van der Waals surface area contributed by atoms with E-state index in [4.69, 9.17) is 5.73 Å². The Labute approximate surface area is 122 Å². The van der Waals surface area contributed by atoms with Gasteiger partial charge < -0.3 is 16.4 Å². The fourth-order valence-corrected chi connectivity index (χ4v) is 1.74. The molecule has 0 spiro atoms. The number of benzene rings is 1. The van der Waals surface area contributed by atoms with Crippen molar-refractivity contribution in [3.63, 3.8) is 0 Å². The molecule has 1 unspecified atom stereocenters. The lowest BCUT2D eigenvalue weighted by Crippen LogP contribution is -2.34. The highest BCUT2D eigenvalue weighted by Gasteiger charge is 2.22. The highest BCUT2D eigenvalue weighted by atomic mass is 16.2. The van der Waals surface area contributed by atoms with E-state index in [0.29, 0.717) is 5.92 Å². The second-order valence-electron chi connectivity index (χ2n) is 6.36. The van der Waals surface area contributed by atoms with Gasteiger partial charge in [0.1, 0.15) is 0 Å². The van der Waals surface area contributed by atoms with E-state index in [1.807, 2.05) is 24.3 Å². The van der Waals surface area contributed by atoms with Crippen LogP contribution < -0.4 is 16.4 Å². The summed E-state index contributed by atoms with van der Waals surface area (Å²) in [7, 11) is 0. The molecule has 0 bridgehead atoms. The molecule has 1 rings (SSSR count). The van der Waals surface area contributed by atoms with Crippen molar-refractivity contribution in [1.82, 2.24) is 5.32 Å². The van der Waals surface area contributed by atoms with E-state index in [9.17, 15) is 4.79 Å². The van der Waals surface area contributed by atoms with E-state index in [1.165, 1.54) is 5.56 Å². The fourth-order valence-electron chi connectivity index (χ4n) is 1.74. The lowest BCUT2D eigenvalue weighted by molar-refractivity contribution is 0.230. The first-order chi connectivity index (χ1) is 9.22. The Morgan fingerprint density at radius 2 is 1.75 bits per heavy atom. The molecule has 4 nitrogen and oxygen atoms in total. The summed E-state index contributed by atoms with van der Waals surface area (Å²) < 4.78 is 0. The molecule has 0 fully saturated rings. The summed E-state index contributed by atoms with van der Waals surface area (Å²) >= 11 is 0. The maximum absolute atomic E-state index is 10.8. The topological polar surface area (TPSA) is 67.2 Å². The third-order valence-corrected chi connectivity index (χ3v) is 4.11. The van der Waals surface area contributed by atoms with E-state index in [0.717, 1.165) is 12.2 Å². The smallest absolute Gasteiger partial charge is 0.316 e. The van der Waals surface area contributed by atoms with Crippen LogP contribution in [0.5, 0.6) is 0 Å². The Morgan fingerprint density at radius 1 is 1.20 bits per heavy atom. The van der Waals surface area contributed by atoms with Crippen LogP contribution in [0.1, 0.15) is 46.2 Å². The van der Waals surface area contributed by atoms with Crippen LogP contribution in [-0.2, 0) is 0 Å². The second-order valence-corrected chi connectivity index (χ2v) is 6.36. The van der Waals surface area contributed by atoms with Crippen molar-refractivity contribution in [3.8, 4) is 0 Å². The Morgan fingerprint density at radius 3 is 2.20 bits per heavy atom. The normalized spacial score (nSPS) is 13.3. The van der Waals surface area contributed by atoms with Crippen molar-refractivity contribution in [3.05, 3.63) is 29.8 Å². The molecule has 0 aliphatic rings. The molecule has 0 saturated heterocycles. The summed E-state index contributed by atoms with van der Waals surface area (Å²) in [6.07, 6.45) is 0. The number of urea groups is 1. The molecular formula is C16H27N3O. The highest BCUT2D eigenvalue weighted by molar-refractivity contribution is 5.87. The quantitative estimate of drug-likeness (QED) is 0.745. The Balaban J connectivity index is 2.60. The van der Waals surface area contributed by atoms with Gasteiger partial charge in [0.2, 0.25) is 0 Å². The summed E-state index contributed by atoms with van der Waals surface area (Å²) in [5.41, 5.74) is 7.26. The third kappa shape index (κ3) is 4.85. The number of hydrogen-bond donors (Lipinski definition) is 3. The van der Waals surface area contributed by atoms with Crippen LogP contribution in [0.4, 0.5) is 10.5 Å². The molecule has 0 radical (unpaired) electrons. The van der Waals surface area contributed by atoms with Crippen LogP contribution in [0.2, 0.25) is 0 Å². The summed E-state index contributed by atoms with van der Waals surface area (Å²) in [6, 6.07) is 7.48. The number of rotatable bonds is 6. The SMILES string of the molecule is CC(NCC(C)(C)C(C)C)c1ccc(NC(N)=O)cc1. The van der Waals surface area contributed by atoms with Crippen molar-refractivity contribution in [2.45, 2.75) is 40.7 Å². The fraction of sp³-hybridized carbons (Fsp3) is 0.562. The highest BCUT2D eigenvalue weighted by Crippen LogP contribution is 2.26. The average molecular weight is 277 g/mol. The summed E-state index contributed by atoms with van der Waals surface area (Å²) in [4.78, 5) is 10.8. The number of nitrogens with one attached hydrogen (secondary N) is 2. The van der Waals surface area contributed by atoms with Gasteiger partial charge in [0, 0.05) is 18.3 Å². The zero-order valence-corrected chi connectivity index (χ0v) is 13.2. The molecule has 112 valence electrons. The minimum atomic E-state index is -0.539. The Hall–Kier alpha value is -1.55. The first-order valence-corrected chi connectivity index (χ1v) is 7.12. The number of carbonyl (C=O) groups is 1. The zero-order valence-electron chi connectivity index (χ0n) is 13.2. The van der Waals surface area contributed by atoms with Crippen LogP contribution in [0, 0.1) is 11.3 Å². The van der Waals surface area contributed by atoms with Crippen LogP contribution in [-0.4, -0.2) is 12.6 Å². The molecular weight excluding hydrogens is 250 g/mol. The van der Waals surface area contributed by atoms with Gasteiger partial charge in [0.05, 0.1) is 0 Å². The number of hydrogen-bond acceptors (Lipinski definition) is 2. The number of primary amides is 1. The van der Waals surface area contributed by atoms with Crippen molar-refractivity contribution < 1.29 is 4.79 Å². The summed E-state index contributed by atoms with van der Waals surface area (Å²) in [5, 5.41) is 6.13. The van der Waals surface area contributed by atoms with Crippen LogP contribution in [0.3, 0.4) is 0 Å². The molecule has 1 aromatic rings. The largest absolute Gasteiger partial charge is 0.351 e. The first-order valence-electron chi connectivity index (χ1n) is 7.12. The minimum Gasteiger partial charge on any atom is -0.351 e. The van der Waals surface area contributed by atoms with Crippen LogP contribution in [0.15, 0.2) is 24.3 Å². The minimum absolute atomic E-state index is 0.266. The second kappa shape index (κ2) is 6.75. The van der Waals surface area contributed by atoms with Gasteiger partial charge in [-0.1, -0.05) is 39.8 Å². The van der Waals surface area contributed by atoms with E-state index < -0.39 is 6.03 Å².